The average Bonchev–Trinajstić information content (AvgIpc) is 3.82. The van der Waals surface area contributed by atoms with E-state index in [1.165, 1.54) is 21.9 Å². The van der Waals surface area contributed by atoms with Crippen LogP contribution in [-0.2, 0) is 25.5 Å². The van der Waals surface area contributed by atoms with Crippen molar-refractivity contribution >= 4 is 46.2 Å². The number of aromatic nitrogens is 4. The van der Waals surface area contributed by atoms with Crippen molar-refractivity contribution in [3.63, 3.8) is 0 Å². The zero-order chi connectivity index (χ0) is 43.3. The Labute approximate surface area is 367 Å². The first-order valence-corrected chi connectivity index (χ1v) is 23.4. The topological polar surface area (TPSA) is 56.7 Å². The molecule has 0 aliphatic carbocycles. The van der Waals surface area contributed by atoms with Crippen molar-refractivity contribution < 1.29 is 28.6 Å². The smallest absolute Gasteiger partial charge is 0.120 e. The van der Waals surface area contributed by atoms with Gasteiger partial charge in [-0.3, -0.25) is 9.97 Å². The van der Waals surface area contributed by atoms with Gasteiger partial charge < -0.3 is 14.0 Å². The number of benzene rings is 5. The molecule has 1 radical (unpaired) electrons. The number of nitrogens with zero attached hydrogens (tertiary/aromatic N) is 4. The van der Waals surface area contributed by atoms with E-state index in [1.807, 2.05) is 48.8 Å². The Morgan fingerprint density at radius 1 is 0.797 bits per heavy atom. The summed E-state index contributed by atoms with van der Waals surface area (Å²) in [5.41, 5.74) is 11.9. The number of pyridine rings is 2. The monoisotopic (exact) mass is 970 g/mol. The number of furan rings is 1. The molecule has 7 heteroatoms. The van der Waals surface area contributed by atoms with Crippen LogP contribution >= 0.6 is 0 Å². The van der Waals surface area contributed by atoms with Gasteiger partial charge in [-0.2, -0.15) is 0 Å². The normalized spacial score (nSPS) is 12.8. The van der Waals surface area contributed by atoms with E-state index in [-0.39, 0.29) is 25.5 Å². The molecular formula is C52H50IrN4OSi-2. The van der Waals surface area contributed by atoms with E-state index in [9.17, 15) is 0 Å². The summed E-state index contributed by atoms with van der Waals surface area (Å²) >= 11 is 0. The Morgan fingerprint density at radius 2 is 1.53 bits per heavy atom. The first-order chi connectivity index (χ1) is 29.0. The molecule has 9 aromatic rings. The van der Waals surface area contributed by atoms with Crippen molar-refractivity contribution in [1.29, 1.82) is 0 Å². The van der Waals surface area contributed by atoms with Gasteiger partial charge in [0.15, 0.2) is 0 Å². The fourth-order valence-electron chi connectivity index (χ4n) is 7.59. The summed E-state index contributed by atoms with van der Waals surface area (Å²) in [5, 5.41) is 3.53. The molecule has 0 atom stereocenters. The largest absolute Gasteiger partial charge is 0.501 e. The van der Waals surface area contributed by atoms with Gasteiger partial charge in [0.1, 0.15) is 5.58 Å². The molecular weight excluding hydrogens is 917 g/mol. The minimum absolute atomic E-state index is 0. The molecule has 0 bridgehead atoms. The summed E-state index contributed by atoms with van der Waals surface area (Å²) in [6, 6.07) is 46.9. The molecule has 5 nitrogen and oxygen atoms in total. The van der Waals surface area contributed by atoms with E-state index in [4.69, 9.17) is 18.5 Å². The summed E-state index contributed by atoms with van der Waals surface area (Å²) in [6.45, 7) is 15.9. The molecule has 9 rings (SSSR count). The number of fused-ring (bicyclic) bond motifs is 4. The van der Waals surface area contributed by atoms with E-state index in [1.54, 1.807) is 18.2 Å². The molecule has 0 N–H and O–H groups in total. The fraction of sp³-hybridized carbons (Fsp3) is 0.212. The molecule has 0 fully saturated rings. The van der Waals surface area contributed by atoms with Gasteiger partial charge in [0.05, 0.1) is 36.2 Å². The van der Waals surface area contributed by atoms with Crippen molar-refractivity contribution in [2.24, 2.45) is 0 Å². The summed E-state index contributed by atoms with van der Waals surface area (Å²) in [4.78, 5) is 14.6. The first kappa shape index (κ1) is 37.8. The third kappa shape index (κ3) is 8.38. The van der Waals surface area contributed by atoms with E-state index >= 15 is 0 Å². The molecule has 0 saturated carbocycles. The van der Waals surface area contributed by atoms with Gasteiger partial charge in [0.2, 0.25) is 0 Å². The van der Waals surface area contributed by atoms with E-state index < -0.39 is 14.9 Å². The Kier molecular flexibility index (Phi) is 10.7. The van der Waals surface area contributed by atoms with Crippen LogP contribution in [0.15, 0.2) is 138 Å². The summed E-state index contributed by atoms with van der Waals surface area (Å²) in [5.74, 6) is 1.22. The van der Waals surface area contributed by atoms with Crippen LogP contribution in [0.5, 0.6) is 0 Å². The minimum Gasteiger partial charge on any atom is -0.501 e. The van der Waals surface area contributed by atoms with Crippen molar-refractivity contribution in [3.05, 3.63) is 163 Å². The Balaban J connectivity index is 0.000000208. The number of imidazole rings is 1. The van der Waals surface area contributed by atoms with E-state index in [0.29, 0.717) is 11.5 Å². The number of hydrogen-bond acceptors (Lipinski definition) is 4. The molecule has 0 aliphatic heterocycles. The molecule has 299 valence electrons. The van der Waals surface area contributed by atoms with Crippen LogP contribution in [0.2, 0.25) is 19.6 Å². The molecule has 4 aromatic heterocycles. The Morgan fingerprint density at radius 3 is 2.20 bits per heavy atom. The quantitative estimate of drug-likeness (QED) is 0.123. The van der Waals surface area contributed by atoms with Crippen molar-refractivity contribution in [1.82, 2.24) is 19.5 Å². The van der Waals surface area contributed by atoms with Gasteiger partial charge in [-0.15, -0.1) is 53.6 Å². The van der Waals surface area contributed by atoms with Gasteiger partial charge in [0.25, 0.3) is 0 Å². The van der Waals surface area contributed by atoms with Gasteiger partial charge >= 0.3 is 0 Å². The molecule has 59 heavy (non-hydrogen) atoms. The molecule has 0 unspecified atom stereocenters. The van der Waals surface area contributed by atoms with Gasteiger partial charge in [0, 0.05) is 53.1 Å². The SMILES string of the molecule is CC(C)(C)c1nccc2nc(-c3[c-]ccc4c3oc3ccccc34)n(-c3ccc(-c4ccccc4)cc3)c12.[2H]C([2H])([2H])c1c[c-]c(-c2cc(C(C)C)c([Si](C)(C)C)cn2)cc1.[Ir]. The maximum atomic E-state index is 7.44. The zero-order valence-electron chi connectivity index (χ0n) is 37.8. The standard InChI is InChI=1S/C34H26N3O.C18H24NSi.Ir/c1-34(2,3)32-30-28(20-21-35-32)36-33(27-14-9-13-26-25-12-7-8-15-29(25)38-31(26)27)37(30)24-18-16-23(17-19-24)22-10-5-4-6-11-22;1-13(2)16-11-17(15-9-7-14(3)8-10-15)19-12-18(16)20(4,5)6;/h4-13,15-21H,1-3H3;7-9,11-13H,1-6H3;/q2*-1;/i;3D3;. The maximum Gasteiger partial charge on any atom is 0.120 e. The van der Waals surface area contributed by atoms with Crippen LogP contribution in [0.1, 0.15) is 61.5 Å². The predicted molar refractivity (Wildman–Crippen MR) is 245 cm³/mol. The number of hydrogen-bond donors (Lipinski definition) is 0. The van der Waals surface area contributed by atoms with Crippen molar-refractivity contribution in [3.8, 4) is 39.5 Å². The molecule has 4 heterocycles. The third-order valence-corrected chi connectivity index (χ3v) is 12.6. The summed E-state index contributed by atoms with van der Waals surface area (Å²) in [7, 11) is -1.45. The van der Waals surface area contributed by atoms with Crippen LogP contribution in [0.4, 0.5) is 0 Å². The fourth-order valence-corrected chi connectivity index (χ4v) is 9.27. The van der Waals surface area contributed by atoms with E-state index in [0.717, 1.165) is 67.0 Å². The van der Waals surface area contributed by atoms with Crippen LogP contribution in [0.25, 0.3) is 72.4 Å². The molecule has 0 saturated heterocycles. The van der Waals surface area contributed by atoms with Crippen LogP contribution in [-0.4, -0.2) is 27.6 Å². The van der Waals surface area contributed by atoms with Gasteiger partial charge in [-0.05, 0) is 52.2 Å². The minimum atomic E-state index is -2.09. The Bertz CT molecular complexity index is 3000. The molecule has 0 spiro atoms. The van der Waals surface area contributed by atoms with Crippen molar-refractivity contribution in [2.75, 3.05) is 0 Å². The Hall–Kier alpha value is -5.46. The molecule has 0 amide bonds. The van der Waals surface area contributed by atoms with Crippen LogP contribution in [0.3, 0.4) is 0 Å². The van der Waals surface area contributed by atoms with Gasteiger partial charge in [-0.1, -0.05) is 144 Å². The second-order valence-corrected chi connectivity index (χ2v) is 22.2. The van der Waals surface area contributed by atoms with E-state index in [2.05, 4.69) is 143 Å². The summed E-state index contributed by atoms with van der Waals surface area (Å²) in [6.07, 6.45) is 3.86. The molecule has 5 aromatic carbocycles. The van der Waals surface area contributed by atoms with Crippen LogP contribution in [0, 0.1) is 19.0 Å². The predicted octanol–water partition coefficient (Wildman–Crippen LogP) is 13.3. The first-order valence-electron chi connectivity index (χ1n) is 21.4. The van der Waals surface area contributed by atoms with Crippen molar-refractivity contribution in [2.45, 2.75) is 72.4 Å². The van der Waals surface area contributed by atoms with Gasteiger partial charge in [-0.25, -0.2) is 0 Å². The third-order valence-electron chi connectivity index (χ3n) is 10.5. The van der Waals surface area contributed by atoms with Crippen LogP contribution < -0.4 is 5.19 Å². The summed E-state index contributed by atoms with van der Waals surface area (Å²) < 4.78 is 30.9. The number of aryl methyl sites for hydroxylation is 1. The number of rotatable bonds is 6. The second kappa shape index (κ2) is 16.7. The zero-order valence-corrected chi connectivity index (χ0v) is 38.2. The maximum absolute atomic E-state index is 7.44. The average molecular weight is 970 g/mol. The molecule has 0 aliphatic rings. The number of para-hydroxylation sites is 1. The second-order valence-electron chi connectivity index (χ2n) is 17.2.